The molecule has 1 atom stereocenters. The molecule has 116 valence electrons. The normalized spacial score (nSPS) is 18.9. The number of piperidine rings is 1. The van der Waals surface area contributed by atoms with Crippen LogP contribution >= 0.6 is 0 Å². The van der Waals surface area contributed by atoms with Crippen molar-refractivity contribution in [2.45, 2.75) is 45.1 Å². The summed E-state index contributed by atoms with van der Waals surface area (Å²) in [5.74, 6) is 1.28. The summed E-state index contributed by atoms with van der Waals surface area (Å²) in [6.07, 6.45) is 3.22. The minimum Gasteiger partial charge on any atom is -0.484 e. The number of ether oxygens (including phenoxy) is 1. The molecule has 1 aliphatic heterocycles. The van der Waals surface area contributed by atoms with Gasteiger partial charge in [-0.25, -0.2) is 0 Å². The van der Waals surface area contributed by atoms with Crippen molar-refractivity contribution in [1.29, 1.82) is 0 Å². The number of rotatable bonds is 5. The lowest BCUT2D eigenvalue weighted by Gasteiger charge is -2.34. The molecular weight excluding hydrogens is 264 g/mol. The second-order valence-electron chi connectivity index (χ2n) is 5.98. The van der Waals surface area contributed by atoms with Crippen molar-refractivity contribution in [3.05, 3.63) is 29.8 Å². The van der Waals surface area contributed by atoms with Gasteiger partial charge in [0.15, 0.2) is 6.61 Å². The van der Waals surface area contributed by atoms with Gasteiger partial charge in [0, 0.05) is 19.1 Å². The molecule has 0 aromatic heterocycles. The van der Waals surface area contributed by atoms with Crippen molar-refractivity contribution >= 4 is 5.91 Å². The topological polar surface area (TPSA) is 55.6 Å². The fourth-order valence-electron chi connectivity index (χ4n) is 2.75. The average molecular weight is 290 g/mol. The van der Waals surface area contributed by atoms with E-state index in [0.29, 0.717) is 12.5 Å². The number of amides is 1. The maximum atomic E-state index is 12.3. The highest BCUT2D eigenvalue weighted by molar-refractivity contribution is 5.78. The molecule has 1 heterocycles. The van der Waals surface area contributed by atoms with Crippen LogP contribution in [0.3, 0.4) is 0 Å². The van der Waals surface area contributed by atoms with Gasteiger partial charge in [0.2, 0.25) is 0 Å². The van der Waals surface area contributed by atoms with Gasteiger partial charge in [0.25, 0.3) is 5.91 Å². The second-order valence-corrected chi connectivity index (χ2v) is 5.98. The molecule has 0 radical (unpaired) electrons. The maximum Gasteiger partial charge on any atom is 0.260 e. The van der Waals surface area contributed by atoms with Gasteiger partial charge < -0.3 is 15.4 Å². The van der Waals surface area contributed by atoms with E-state index in [4.69, 9.17) is 10.5 Å². The van der Waals surface area contributed by atoms with Gasteiger partial charge in [0.05, 0.1) is 0 Å². The van der Waals surface area contributed by atoms with E-state index in [2.05, 4.69) is 13.8 Å². The number of nitrogens with two attached hydrogens (primary N) is 1. The monoisotopic (exact) mass is 290 g/mol. The molecule has 4 nitrogen and oxygen atoms in total. The Hall–Kier alpha value is -1.55. The SMILES string of the molecule is CC(C)c1ccc(OCC(=O)N2CCCCC2CN)cc1. The van der Waals surface area contributed by atoms with Crippen LogP contribution in [0.2, 0.25) is 0 Å². The van der Waals surface area contributed by atoms with Crippen LogP contribution in [0, 0.1) is 0 Å². The number of hydrogen-bond donors (Lipinski definition) is 1. The lowest BCUT2D eigenvalue weighted by molar-refractivity contribution is -0.136. The summed E-state index contributed by atoms with van der Waals surface area (Å²) in [4.78, 5) is 14.1. The smallest absolute Gasteiger partial charge is 0.260 e. The second kappa shape index (κ2) is 7.46. The summed E-state index contributed by atoms with van der Waals surface area (Å²) >= 11 is 0. The van der Waals surface area contributed by atoms with Crippen molar-refractivity contribution in [3.63, 3.8) is 0 Å². The third-order valence-electron chi connectivity index (χ3n) is 4.13. The lowest BCUT2D eigenvalue weighted by Crippen LogP contribution is -2.49. The van der Waals surface area contributed by atoms with Crippen LogP contribution in [0.4, 0.5) is 0 Å². The van der Waals surface area contributed by atoms with Crippen molar-refractivity contribution in [2.24, 2.45) is 5.73 Å². The van der Waals surface area contributed by atoms with Crippen LogP contribution < -0.4 is 10.5 Å². The van der Waals surface area contributed by atoms with E-state index < -0.39 is 0 Å². The highest BCUT2D eigenvalue weighted by Gasteiger charge is 2.25. The summed E-state index contributed by atoms with van der Waals surface area (Å²) in [6, 6.07) is 8.14. The van der Waals surface area contributed by atoms with E-state index in [0.717, 1.165) is 31.6 Å². The summed E-state index contributed by atoms with van der Waals surface area (Å²) in [7, 11) is 0. The van der Waals surface area contributed by atoms with Crippen LogP contribution in [0.15, 0.2) is 24.3 Å². The highest BCUT2D eigenvalue weighted by atomic mass is 16.5. The van der Waals surface area contributed by atoms with Crippen LogP contribution in [0.5, 0.6) is 5.75 Å². The van der Waals surface area contributed by atoms with E-state index in [1.54, 1.807) is 0 Å². The van der Waals surface area contributed by atoms with Gasteiger partial charge in [-0.15, -0.1) is 0 Å². The molecule has 1 aliphatic rings. The number of carbonyl (C=O) groups excluding carboxylic acids is 1. The summed E-state index contributed by atoms with van der Waals surface area (Å²) in [6.45, 7) is 5.74. The molecule has 0 bridgehead atoms. The summed E-state index contributed by atoms with van der Waals surface area (Å²) in [5.41, 5.74) is 7.02. The molecule has 1 amide bonds. The van der Waals surface area contributed by atoms with Crippen LogP contribution in [0.25, 0.3) is 0 Å². The molecule has 2 rings (SSSR count). The van der Waals surface area contributed by atoms with Gasteiger partial charge in [-0.05, 0) is 42.9 Å². The molecule has 1 aromatic rings. The first-order valence-electron chi connectivity index (χ1n) is 7.84. The molecule has 0 aliphatic carbocycles. The number of benzene rings is 1. The molecule has 1 aromatic carbocycles. The van der Waals surface area contributed by atoms with Crippen molar-refractivity contribution in [2.75, 3.05) is 19.7 Å². The molecule has 1 saturated heterocycles. The zero-order valence-electron chi connectivity index (χ0n) is 13.0. The largest absolute Gasteiger partial charge is 0.484 e. The molecule has 21 heavy (non-hydrogen) atoms. The molecule has 0 saturated carbocycles. The van der Waals surface area contributed by atoms with Crippen molar-refractivity contribution in [3.8, 4) is 5.75 Å². The van der Waals surface area contributed by atoms with Gasteiger partial charge in [-0.1, -0.05) is 26.0 Å². The van der Waals surface area contributed by atoms with E-state index in [-0.39, 0.29) is 18.6 Å². The Bertz CT molecular complexity index is 456. The van der Waals surface area contributed by atoms with E-state index in [9.17, 15) is 4.79 Å². The minimum atomic E-state index is 0.0399. The number of likely N-dealkylation sites (tertiary alicyclic amines) is 1. The van der Waals surface area contributed by atoms with Gasteiger partial charge in [-0.2, -0.15) is 0 Å². The van der Waals surface area contributed by atoms with Gasteiger partial charge in [-0.3, -0.25) is 4.79 Å². The molecule has 1 fully saturated rings. The molecule has 1 unspecified atom stereocenters. The number of nitrogens with zero attached hydrogens (tertiary/aromatic N) is 1. The average Bonchev–Trinajstić information content (AvgIpc) is 2.52. The predicted octanol–water partition coefficient (Wildman–Crippen LogP) is 2.53. The lowest BCUT2D eigenvalue weighted by atomic mass is 10.0. The zero-order chi connectivity index (χ0) is 15.2. The van der Waals surface area contributed by atoms with E-state index in [1.165, 1.54) is 5.56 Å². The Morgan fingerprint density at radius 1 is 1.33 bits per heavy atom. The van der Waals surface area contributed by atoms with Crippen molar-refractivity contribution < 1.29 is 9.53 Å². The fourth-order valence-corrected chi connectivity index (χ4v) is 2.75. The zero-order valence-corrected chi connectivity index (χ0v) is 13.0. The Morgan fingerprint density at radius 2 is 2.05 bits per heavy atom. The van der Waals surface area contributed by atoms with Crippen LogP contribution in [-0.2, 0) is 4.79 Å². The van der Waals surface area contributed by atoms with Gasteiger partial charge in [0.1, 0.15) is 5.75 Å². The standard InChI is InChI=1S/C17H26N2O2/c1-13(2)14-6-8-16(9-7-14)21-12-17(20)19-10-4-3-5-15(19)11-18/h6-9,13,15H,3-5,10-12,18H2,1-2H3. The van der Waals surface area contributed by atoms with Crippen LogP contribution in [-0.4, -0.2) is 36.5 Å². The molecular formula is C17H26N2O2. The fraction of sp³-hybridized carbons (Fsp3) is 0.588. The predicted molar refractivity (Wildman–Crippen MR) is 84.4 cm³/mol. The molecule has 0 spiro atoms. The molecule has 4 heteroatoms. The Kier molecular flexibility index (Phi) is 5.62. The first-order chi connectivity index (χ1) is 10.1. The van der Waals surface area contributed by atoms with E-state index in [1.807, 2.05) is 29.2 Å². The maximum absolute atomic E-state index is 12.3. The summed E-state index contributed by atoms with van der Waals surface area (Å²) in [5, 5.41) is 0. The molecule has 2 N–H and O–H groups in total. The quantitative estimate of drug-likeness (QED) is 0.906. The Labute approximate surface area is 127 Å². The summed E-state index contributed by atoms with van der Waals surface area (Å²) < 4.78 is 5.62. The Morgan fingerprint density at radius 3 is 2.67 bits per heavy atom. The van der Waals surface area contributed by atoms with Crippen LogP contribution in [0.1, 0.15) is 44.6 Å². The minimum absolute atomic E-state index is 0.0399. The first-order valence-corrected chi connectivity index (χ1v) is 7.84. The van der Waals surface area contributed by atoms with E-state index >= 15 is 0 Å². The highest BCUT2D eigenvalue weighted by Crippen LogP contribution is 2.19. The van der Waals surface area contributed by atoms with Crippen molar-refractivity contribution in [1.82, 2.24) is 4.90 Å². The third-order valence-corrected chi connectivity index (χ3v) is 4.13. The Balaban J connectivity index is 1.88. The van der Waals surface area contributed by atoms with Gasteiger partial charge >= 0.3 is 0 Å². The number of carbonyl (C=O) groups is 1. The first kappa shape index (κ1) is 15.8. The third kappa shape index (κ3) is 4.21. The number of hydrogen-bond acceptors (Lipinski definition) is 3.